The van der Waals surface area contributed by atoms with Gasteiger partial charge in [-0.25, -0.2) is 9.59 Å². The maximum atomic E-state index is 13.2. The van der Waals surface area contributed by atoms with Crippen molar-refractivity contribution in [2.75, 3.05) is 45.9 Å². The first-order valence-corrected chi connectivity index (χ1v) is 12.4. The van der Waals surface area contributed by atoms with Crippen LogP contribution in [-0.4, -0.2) is 78.5 Å². The third-order valence-electron chi connectivity index (χ3n) is 6.43. The van der Waals surface area contributed by atoms with Crippen LogP contribution in [0.25, 0.3) is 0 Å². The van der Waals surface area contributed by atoms with Gasteiger partial charge in [0.15, 0.2) is 0 Å². The second-order valence-corrected chi connectivity index (χ2v) is 8.85. The summed E-state index contributed by atoms with van der Waals surface area (Å²) in [5, 5.41) is 2.75. The van der Waals surface area contributed by atoms with E-state index >= 15 is 0 Å². The lowest BCUT2D eigenvalue weighted by Gasteiger charge is -2.38. The summed E-state index contributed by atoms with van der Waals surface area (Å²) in [6, 6.07) is 2.88. The zero-order valence-electron chi connectivity index (χ0n) is 21.1. The molecule has 11 heteroatoms. The number of ether oxygens (including phenoxy) is 1. The molecule has 0 unspecified atom stereocenters. The van der Waals surface area contributed by atoms with Gasteiger partial charge in [-0.15, -0.1) is 6.58 Å². The number of alkyl halides is 3. The topological polar surface area (TPSA) is 82.2 Å². The number of nitrogens with one attached hydrogen (secondary N) is 1. The zero-order valence-corrected chi connectivity index (χ0v) is 21.1. The Balaban J connectivity index is 2.03. The zero-order chi connectivity index (χ0) is 27.2. The average Bonchev–Trinajstić information content (AvgIpc) is 3.10. The Morgan fingerprint density at radius 3 is 2.43 bits per heavy atom. The van der Waals surface area contributed by atoms with Gasteiger partial charge in [0.05, 0.1) is 23.8 Å². The first-order valence-electron chi connectivity index (χ1n) is 12.4. The lowest BCUT2D eigenvalue weighted by molar-refractivity contribution is -0.139. The van der Waals surface area contributed by atoms with E-state index in [2.05, 4.69) is 16.8 Å². The van der Waals surface area contributed by atoms with Gasteiger partial charge < -0.3 is 15.0 Å². The maximum absolute atomic E-state index is 13.2. The second kappa shape index (κ2) is 12.3. The van der Waals surface area contributed by atoms with E-state index in [0.717, 1.165) is 18.6 Å². The van der Waals surface area contributed by atoms with Gasteiger partial charge in [-0.05, 0) is 31.0 Å². The quantitative estimate of drug-likeness (QED) is 0.416. The van der Waals surface area contributed by atoms with Crippen LogP contribution in [0.1, 0.15) is 43.9 Å². The smallest absolute Gasteiger partial charge is 0.416 e. The Kier molecular flexibility index (Phi) is 9.36. The van der Waals surface area contributed by atoms with E-state index < -0.39 is 29.8 Å². The van der Waals surface area contributed by atoms with Crippen molar-refractivity contribution in [3.8, 4) is 0 Å². The molecule has 3 amide bonds. The van der Waals surface area contributed by atoms with Crippen molar-refractivity contribution in [2.24, 2.45) is 0 Å². The number of halogens is 3. The number of carbonyl (C=O) groups is 3. The summed E-state index contributed by atoms with van der Waals surface area (Å²) in [4.78, 5) is 43.8. The fourth-order valence-electron chi connectivity index (χ4n) is 4.57. The third-order valence-corrected chi connectivity index (χ3v) is 6.43. The van der Waals surface area contributed by atoms with E-state index in [0.29, 0.717) is 43.9 Å². The van der Waals surface area contributed by atoms with Gasteiger partial charge in [0, 0.05) is 51.4 Å². The molecule has 1 saturated heterocycles. The van der Waals surface area contributed by atoms with Crippen LogP contribution in [0.5, 0.6) is 0 Å². The summed E-state index contributed by atoms with van der Waals surface area (Å²) in [7, 11) is 0. The monoisotopic (exact) mass is 522 g/mol. The van der Waals surface area contributed by atoms with Gasteiger partial charge in [0.2, 0.25) is 5.91 Å². The van der Waals surface area contributed by atoms with E-state index in [1.165, 1.54) is 23.1 Å². The summed E-state index contributed by atoms with van der Waals surface area (Å²) in [6.07, 6.45) is -1.84. The van der Waals surface area contributed by atoms with Crippen LogP contribution in [-0.2, 0) is 20.5 Å². The van der Waals surface area contributed by atoms with E-state index in [1.54, 1.807) is 11.8 Å². The van der Waals surface area contributed by atoms with Crippen molar-refractivity contribution in [3.63, 3.8) is 0 Å². The van der Waals surface area contributed by atoms with E-state index in [9.17, 15) is 27.6 Å². The summed E-state index contributed by atoms with van der Waals surface area (Å²) >= 11 is 0. The Morgan fingerprint density at radius 2 is 1.84 bits per heavy atom. The highest BCUT2D eigenvalue weighted by atomic mass is 19.4. The second-order valence-electron chi connectivity index (χ2n) is 8.85. The largest absolute Gasteiger partial charge is 0.463 e. The van der Waals surface area contributed by atoms with Crippen LogP contribution >= 0.6 is 0 Å². The number of carbonyl (C=O) groups excluding carboxylic acids is 3. The first-order chi connectivity index (χ1) is 17.6. The fraction of sp³-hybridized carbons (Fsp3) is 0.500. The van der Waals surface area contributed by atoms with Gasteiger partial charge >= 0.3 is 18.2 Å². The normalized spacial score (nSPS) is 19.4. The first kappa shape index (κ1) is 28.2. The molecule has 0 bridgehead atoms. The minimum Gasteiger partial charge on any atom is -0.463 e. The van der Waals surface area contributed by atoms with E-state index in [4.69, 9.17) is 4.74 Å². The molecular formula is C26H33F3N4O4. The molecule has 2 heterocycles. The lowest BCUT2D eigenvalue weighted by Crippen LogP contribution is -2.51. The Hall–Kier alpha value is -3.34. The average molecular weight is 523 g/mol. The number of nitrogens with zero attached hydrogens (tertiary/aromatic N) is 3. The summed E-state index contributed by atoms with van der Waals surface area (Å²) in [5.74, 6) is -0.588. The molecule has 1 aromatic carbocycles. The van der Waals surface area contributed by atoms with Crippen LogP contribution in [0.2, 0.25) is 0 Å². The van der Waals surface area contributed by atoms with Crippen molar-refractivity contribution in [1.29, 1.82) is 0 Å². The number of rotatable bonds is 8. The minimum absolute atomic E-state index is 0.0703. The van der Waals surface area contributed by atoms with Gasteiger partial charge in [-0.2, -0.15) is 13.2 Å². The highest BCUT2D eigenvalue weighted by Gasteiger charge is 2.39. The van der Waals surface area contributed by atoms with E-state index in [-0.39, 0.29) is 31.2 Å². The molecule has 1 aromatic rings. The van der Waals surface area contributed by atoms with Crippen molar-refractivity contribution in [2.45, 2.75) is 38.9 Å². The van der Waals surface area contributed by atoms with Crippen LogP contribution in [0.15, 0.2) is 48.2 Å². The Bertz CT molecular complexity index is 1040. The minimum atomic E-state index is -4.51. The molecular weight excluding hydrogens is 489 g/mol. The lowest BCUT2D eigenvalue weighted by atomic mass is 9.93. The molecule has 3 rings (SSSR count). The molecule has 0 radical (unpaired) electrons. The number of benzene rings is 1. The van der Waals surface area contributed by atoms with Crippen molar-refractivity contribution in [1.82, 2.24) is 20.0 Å². The summed E-state index contributed by atoms with van der Waals surface area (Å²) in [6.45, 7) is 9.94. The highest BCUT2D eigenvalue weighted by Crippen LogP contribution is 2.35. The van der Waals surface area contributed by atoms with E-state index in [1.807, 2.05) is 6.92 Å². The van der Waals surface area contributed by atoms with Crippen LogP contribution in [0.4, 0.5) is 18.0 Å². The summed E-state index contributed by atoms with van der Waals surface area (Å²) < 4.78 is 44.7. The Morgan fingerprint density at radius 1 is 1.14 bits per heavy atom. The number of urea groups is 1. The molecule has 1 fully saturated rings. The molecule has 2 aliphatic heterocycles. The predicted molar refractivity (Wildman–Crippen MR) is 131 cm³/mol. The van der Waals surface area contributed by atoms with Crippen molar-refractivity contribution in [3.05, 3.63) is 59.3 Å². The molecule has 0 aromatic heterocycles. The molecule has 0 spiro atoms. The number of amides is 3. The Labute approximate surface area is 214 Å². The molecule has 1 atom stereocenters. The van der Waals surface area contributed by atoms with Crippen molar-refractivity contribution < 1.29 is 32.3 Å². The molecule has 8 nitrogen and oxygen atoms in total. The van der Waals surface area contributed by atoms with Gasteiger partial charge in [-0.1, -0.05) is 25.1 Å². The number of hydrogen-bond acceptors (Lipinski definition) is 5. The SMILES string of the molecule is C=CCN1C(=O)N[C@H](c2ccc(C(F)(F)F)cc2)C(C(=O)OCC)=C1CN1CCCN(C(=O)CC)CC1. The molecule has 0 saturated carbocycles. The molecule has 1 N–H and O–H groups in total. The molecule has 37 heavy (non-hydrogen) atoms. The van der Waals surface area contributed by atoms with Crippen LogP contribution < -0.4 is 5.32 Å². The van der Waals surface area contributed by atoms with Gasteiger partial charge in [0.1, 0.15) is 0 Å². The molecule has 0 aliphatic carbocycles. The number of hydrogen-bond donors (Lipinski definition) is 1. The molecule has 2 aliphatic rings. The predicted octanol–water partition coefficient (Wildman–Crippen LogP) is 3.72. The number of esters is 1. The highest BCUT2D eigenvalue weighted by molar-refractivity contribution is 5.95. The fourth-order valence-corrected chi connectivity index (χ4v) is 4.57. The van der Waals surface area contributed by atoms with Crippen LogP contribution in [0.3, 0.4) is 0 Å². The van der Waals surface area contributed by atoms with Gasteiger partial charge in [0.25, 0.3) is 0 Å². The van der Waals surface area contributed by atoms with Crippen molar-refractivity contribution >= 4 is 17.9 Å². The van der Waals surface area contributed by atoms with Gasteiger partial charge in [-0.3, -0.25) is 14.6 Å². The summed E-state index contributed by atoms with van der Waals surface area (Å²) in [5.41, 5.74) is 0.0658. The standard InChI is InChI=1S/C26H33F3N4O4/c1-4-12-33-20(17-31-13-7-14-32(16-15-31)21(34)5-2)22(24(35)37-6-3)23(30-25(33)36)18-8-10-19(11-9-18)26(27,28)29/h4,8-11,23H,1,5-7,12-17H2,2-3H3,(H,30,36)/t23-/m1/s1. The van der Waals surface area contributed by atoms with Crippen LogP contribution in [0, 0.1) is 0 Å². The third kappa shape index (κ3) is 6.71. The molecule has 202 valence electrons. The maximum Gasteiger partial charge on any atom is 0.416 e.